The van der Waals surface area contributed by atoms with Gasteiger partial charge in [0.1, 0.15) is 0 Å². The van der Waals surface area contributed by atoms with Crippen molar-refractivity contribution in [2.75, 3.05) is 19.6 Å². The molecule has 1 heterocycles. The molecule has 20 heavy (non-hydrogen) atoms. The molecule has 0 aromatic rings. The number of piperazine rings is 1. The number of alkyl halides is 2. The van der Waals surface area contributed by atoms with E-state index in [2.05, 4.69) is 10.2 Å². The molecule has 2 nitrogen and oxygen atoms in total. The zero-order chi connectivity index (χ0) is 14.0. The van der Waals surface area contributed by atoms with Crippen LogP contribution in [0.4, 0.5) is 8.78 Å². The van der Waals surface area contributed by atoms with Crippen LogP contribution in [0.2, 0.25) is 0 Å². The maximum Gasteiger partial charge on any atom is 0.251 e. The third kappa shape index (κ3) is 3.16. The molecule has 1 unspecified atom stereocenters. The molecule has 1 spiro atoms. The lowest BCUT2D eigenvalue weighted by Crippen LogP contribution is -2.65. The maximum absolute atomic E-state index is 13.0. The molecule has 0 aromatic carbocycles. The van der Waals surface area contributed by atoms with E-state index < -0.39 is 6.43 Å². The Labute approximate surface area is 121 Å². The van der Waals surface area contributed by atoms with Crippen molar-refractivity contribution in [2.45, 2.75) is 75.8 Å². The molecule has 1 saturated heterocycles. The summed E-state index contributed by atoms with van der Waals surface area (Å²) < 4.78 is 25.9. The lowest BCUT2D eigenvalue weighted by molar-refractivity contribution is -0.00481. The van der Waals surface area contributed by atoms with Gasteiger partial charge in [0.2, 0.25) is 0 Å². The highest BCUT2D eigenvalue weighted by atomic mass is 19.3. The standard InChI is InChI=1S/C16H28F2N2/c17-15(18)11-20-12-16(8-4-5-9-16)19-10-14(20)13-6-2-1-3-7-13/h13-15,19H,1-12H2. The van der Waals surface area contributed by atoms with Crippen molar-refractivity contribution in [3.05, 3.63) is 0 Å². The van der Waals surface area contributed by atoms with Crippen LogP contribution < -0.4 is 5.32 Å². The van der Waals surface area contributed by atoms with Crippen molar-refractivity contribution in [3.63, 3.8) is 0 Å². The molecule has 3 aliphatic rings. The van der Waals surface area contributed by atoms with Crippen LogP contribution in [0.1, 0.15) is 57.8 Å². The average Bonchev–Trinajstić information content (AvgIpc) is 2.87. The van der Waals surface area contributed by atoms with E-state index in [1.807, 2.05) is 0 Å². The summed E-state index contributed by atoms with van der Waals surface area (Å²) in [6.45, 7) is 1.75. The molecule has 3 rings (SSSR count). The summed E-state index contributed by atoms with van der Waals surface area (Å²) in [5, 5.41) is 3.76. The molecule has 2 saturated carbocycles. The predicted octanol–water partition coefficient (Wildman–Crippen LogP) is 3.42. The van der Waals surface area contributed by atoms with Crippen LogP contribution in [0.25, 0.3) is 0 Å². The van der Waals surface area contributed by atoms with E-state index in [0.717, 1.165) is 13.1 Å². The van der Waals surface area contributed by atoms with E-state index in [1.54, 1.807) is 0 Å². The van der Waals surface area contributed by atoms with Gasteiger partial charge in [-0.15, -0.1) is 0 Å². The predicted molar refractivity (Wildman–Crippen MR) is 77.1 cm³/mol. The number of nitrogens with zero attached hydrogens (tertiary/aromatic N) is 1. The molecule has 4 heteroatoms. The fourth-order valence-electron chi connectivity index (χ4n) is 4.76. The highest BCUT2D eigenvalue weighted by Crippen LogP contribution is 2.37. The Bertz CT molecular complexity index is 310. The Balaban J connectivity index is 1.68. The van der Waals surface area contributed by atoms with E-state index >= 15 is 0 Å². The number of nitrogens with one attached hydrogen (secondary N) is 1. The van der Waals surface area contributed by atoms with Gasteiger partial charge in [0.05, 0.1) is 6.54 Å². The summed E-state index contributed by atoms with van der Waals surface area (Å²) >= 11 is 0. The first-order valence-electron chi connectivity index (χ1n) is 8.46. The molecule has 116 valence electrons. The smallest absolute Gasteiger partial charge is 0.251 e. The second kappa shape index (κ2) is 6.27. The van der Waals surface area contributed by atoms with Crippen LogP contribution in [0.15, 0.2) is 0 Å². The number of hydrogen-bond acceptors (Lipinski definition) is 2. The molecular formula is C16H28F2N2. The summed E-state index contributed by atoms with van der Waals surface area (Å²) in [5.74, 6) is 0.633. The minimum Gasteiger partial charge on any atom is -0.308 e. The van der Waals surface area contributed by atoms with Gasteiger partial charge in [0, 0.05) is 24.7 Å². The number of rotatable bonds is 3. The molecule has 1 aliphatic heterocycles. The van der Waals surface area contributed by atoms with Crippen molar-refractivity contribution in [2.24, 2.45) is 5.92 Å². The SMILES string of the molecule is FC(F)CN1CC2(CCCC2)NCC1C1CCCCC1. The molecule has 2 aliphatic carbocycles. The van der Waals surface area contributed by atoms with Crippen LogP contribution in [0.5, 0.6) is 0 Å². The van der Waals surface area contributed by atoms with Gasteiger partial charge in [0.25, 0.3) is 6.43 Å². The van der Waals surface area contributed by atoms with E-state index in [9.17, 15) is 8.78 Å². The zero-order valence-electron chi connectivity index (χ0n) is 12.4. The summed E-state index contributed by atoms with van der Waals surface area (Å²) in [5.41, 5.74) is 0.153. The fourth-order valence-corrected chi connectivity index (χ4v) is 4.76. The minimum atomic E-state index is -2.20. The monoisotopic (exact) mass is 286 g/mol. The van der Waals surface area contributed by atoms with Crippen LogP contribution in [0.3, 0.4) is 0 Å². The normalized spacial score (nSPS) is 32.2. The Morgan fingerprint density at radius 3 is 2.40 bits per heavy atom. The Hall–Kier alpha value is -0.220. The van der Waals surface area contributed by atoms with E-state index in [1.165, 1.54) is 57.8 Å². The first-order chi connectivity index (χ1) is 9.69. The van der Waals surface area contributed by atoms with Crippen molar-refractivity contribution >= 4 is 0 Å². The second-order valence-corrected chi connectivity index (χ2v) is 7.15. The van der Waals surface area contributed by atoms with Crippen LogP contribution in [-0.4, -0.2) is 42.5 Å². The molecule has 1 atom stereocenters. The number of hydrogen-bond donors (Lipinski definition) is 1. The number of halogens is 2. The largest absolute Gasteiger partial charge is 0.308 e. The van der Waals surface area contributed by atoms with Gasteiger partial charge in [-0.1, -0.05) is 32.1 Å². The Morgan fingerprint density at radius 1 is 1.05 bits per heavy atom. The van der Waals surface area contributed by atoms with Crippen molar-refractivity contribution in [1.82, 2.24) is 10.2 Å². The summed E-state index contributed by atoms with van der Waals surface area (Å²) in [4.78, 5) is 2.14. The van der Waals surface area contributed by atoms with Gasteiger partial charge in [-0.3, -0.25) is 4.90 Å². The van der Waals surface area contributed by atoms with E-state index in [-0.39, 0.29) is 12.1 Å². The first kappa shape index (κ1) is 14.7. The maximum atomic E-state index is 13.0. The van der Waals surface area contributed by atoms with Gasteiger partial charge in [-0.05, 0) is 31.6 Å². The lowest BCUT2D eigenvalue weighted by atomic mass is 9.80. The second-order valence-electron chi connectivity index (χ2n) is 7.15. The van der Waals surface area contributed by atoms with E-state index in [4.69, 9.17) is 0 Å². The molecule has 0 amide bonds. The lowest BCUT2D eigenvalue weighted by Gasteiger charge is -2.49. The molecule has 0 bridgehead atoms. The molecule has 3 fully saturated rings. The van der Waals surface area contributed by atoms with Crippen molar-refractivity contribution in [3.8, 4) is 0 Å². The van der Waals surface area contributed by atoms with E-state index in [0.29, 0.717) is 12.0 Å². The third-order valence-corrected chi connectivity index (χ3v) is 5.79. The van der Waals surface area contributed by atoms with Crippen LogP contribution in [0, 0.1) is 5.92 Å². The molecule has 0 radical (unpaired) electrons. The van der Waals surface area contributed by atoms with Gasteiger partial charge in [-0.25, -0.2) is 8.78 Å². The summed E-state index contributed by atoms with van der Waals surface area (Å²) in [6.07, 6.45) is 9.02. The van der Waals surface area contributed by atoms with Crippen LogP contribution in [-0.2, 0) is 0 Å². The minimum absolute atomic E-state index is 0.0232. The topological polar surface area (TPSA) is 15.3 Å². The highest BCUT2D eigenvalue weighted by molar-refractivity contribution is 5.02. The molecular weight excluding hydrogens is 258 g/mol. The Morgan fingerprint density at radius 2 is 1.75 bits per heavy atom. The highest BCUT2D eigenvalue weighted by Gasteiger charge is 2.43. The molecule has 0 aromatic heterocycles. The average molecular weight is 286 g/mol. The first-order valence-corrected chi connectivity index (χ1v) is 8.46. The van der Waals surface area contributed by atoms with Gasteiger partial charge in [0.15, 0.2) is 0 Å². The summed E-state index contributed by atoms with van der Waals surface area (Å²) in [7, 11) is 0. The third-order valence-electron chi connectivity index (χ3n) is 5.79. The van der Waals surface area contributed by atoms with Gasteiger partial charge >= 0.3 is 0 Å². The van der Waals surface area contributed by atoms with Crippen LogP contribution >= 0.6 is 0 Å². The fraction of sp³-hybridized carbons (Fsp3) is 1.00. The van der Waals surface area contributed by atoms with Crippen molar-refractivity contribution < 1.29 is 8.78 Å². The zero-order valence-corrected chi connectivity index (χ0v) is 12.4. The van der Waals surface area contributed by atoms with Gasteiger partial charge < -0.3 is 5.32 Å². The quantitative estimate of drug-likeness (QED) is 0.855. The molecule has 1 N–H and O–H groups in total. The summed E-state index contributed by atoms with van der Waals surface area (Å²) in [6, 6.07) is 0.343. The Kier molecular flexibility index (Phi) is 4.61. The van der Waals surface area contributed by atoms with Crippen molar-refractivity contribution in [1.29, 1.82) is 0 Å². The van der Waals surface area contributed by atoms with Gasteiger partial charge in [-0.2, -0.15) is 0 Å².